The van der Waals surface area contributed by atoms with Crippen molar-refractivity contribution < 1.29 is 0 Å². The molecule has 0 saturated carbocycles. The van der Waals surface area contributed by atoms with E-state index < -0.39 is 0 Å². The summed E-state index contributed by atoms with van der Waals surface area (Å²) in [5.41, 5.74) is 8.01. The van der Waals surface area contributed by atoms with Gasteiger partial charge in [0.1, 0.15) is 11.6 Å². The van der Waals surface area contributed by atoms with Gasteiger partial charge in [0.2, 0.25) is 11.9 Å². The molecule has 0 aliphatic heterocycles. The van der Waals surface area contributed by atoms with E-state index in [0.717, 1.165) is 16.7 Å². The fourth-order valence-electron chi connectivity index (χ4n) is 2.91. The topological polar surface area (TPSA) is 107 Å². The number of thioether (sulfide) groups is 1. The Hall–Kier alpha value is -3.46. The largest absolute Gasteiger partial charge is 0.368 e. The number of hydrogen-bond donors (Lipinski definition) is 2. The summed E-state index contributed by atoms with van der Waals surface area (Å²) in [5.74, 6) is 2.03. The molecule has 3 N–H and O–H groups in total. The molecule has 4 aromatic rings. The van der Waals surface area contributed by atoms with Crippen molar-refractivity contribution in [1.82, 2.24) is 29.7 Å². The molecule has 1 unspecified atom stereocenters. The van der Waals surface area contributed by atoms with Gasteiger partial charge in [-0.2, -0.15) is 15.0 Å². The van der Waals surface area contributed by atoms with E-state index in [-0.39, 0.29) is 11.2 Å². The third-order valence-corrected chi connectivity index (χ3v) is 5.51. The van der Waals surface area contributed by atoms with E-state index >= 15 is 0 Å². The minimum absolute atomic E-state index is 0.0928. The molecule has 0 radical (unpaired) electrons. The van der Waals surface area contributed by atoms with Gasteiger partial charge in [-0.15, -0.1) is 10.2 Å². The zero-order chi connectivity index (χ0) is 20.9. The molecule has 1 atom stereocenters. The first-order valence-electron chi connectivity index (χ1n) is 9.52. The number of nitrogen functional groups attached to an aromatic ring is 1. The van der Waals surface area contributed by atoms with Crippen molar-refractivity contribution >= 4 is 29.3 Å². The van der Waals surface area contributed by atoms with Crippen LogP contribution in [0.1, 0.15) is 29.4 Å². The van der Waals surface area contributed by atoms with E-state index in [1.54, 1.807) is 11.8 Å². The molecule has 8 nitrogen and oxygen atoms in total. The maximum Gasteiger partial charge on any atom is 0.232 e. The highest BCUT2D eigenvalue weighted by Crippen LogP contribution is 2.33. The molecule has 0 fully saturated rings. The lowest BCUT2D eigenvalue weighted by molar-refractivity contribution is 0.685. The summed E-state index contributed by atoms with van der Waals surface area (Å²) in [7, 11) is 0. The van der Waals surface area contributed by atoms with Crippen molar-refractivity contribution in [2.24, 2.45) is 0 Å². The molecule has 0 bridgehead atoms. The third-order valence-electron chi connectivity index (χ3n) is 4.43. The monoisotopic (exact) mass is 418 g/mol. The maximum absolute atomic E-state index is 5.94. The van der Waals surface area contributed by atoms with Crippen LogP contribution in [0.25, 0.3) is 0 Å². The fourth-order valence-corrected chi connectivity index (χ4v) is 3.84. The van der Waals surface area contributed by atoms with E-state index in [0.29, 0.717) is 18.3 Å². The molecule has 0 amide bonds. The number of rotatable bonds is 7. The SMILES string of the molecule is Cc1nnc(SC(C)c2nc(N)nc(Nc3ccccc3)n2)n1Cc1ccccc1. The summed E-state index contributed by atoms with van der Waals surface area (Å²) < 4.78 is 2.09. The van der Waals surface area contributed by atoms with Gasteiger partial charge < -0.3 is 15.6 Å². The van der Waals surface area contributed by atoms with Gasteiger partial charge in [-0.1, -0.05) is 60.3 Å². The summed E-state index contributed by atoms with van der Waals surface area (Å²) in [6.07, 6.45) is 0. The van der Waals surface area contributed by atoms with Crippen LogP contribution in [-0.4, -0.2) is 29.7 Å². The predicted molar refractivity (Wildman–Crippen MR) is 119 cm³/mol. The highest BCUT2D eigenvalue weighted by atomic mass is 32.2. The minimum Gasteiger partial charge on any atom is -0.368 e. The fraction of sp³-hybridized carbons (Fsp3) is 0.190. The van der Waals surface area contributed by atoms with Crippen molar-refractivity contribution in [2.45, 2.75) is 30.8 Å². The first-order valence-corrected chi connectivity index (χ1v) is 10.4. The number of nitrogens with one attached hydrogen (secondary N) is 1. The Morgan fingerprint density at radius 3 is 2.40 bits per heavy atom. The van der Waals surface area contributed by atoms with E-state index in [2.05, 4.69) is 47.2 Å². The normalized spacial score (nSPS) is 11.9. The van der Waals surface area contributed by atoms with E-state index in [9.17, 15) is 0 Å². The van der Waals surface area contributed by atoms with Gasteiger partial charge in [0.25, 0.3) is 0 Å². The van der Waals surface area contributed by atoms with Crippen LogP contribution in [0.5, 0.6) is 0 Å². The van der Waals surface area contributed by atoms with E-state index in [1.807, 2.05) is 62.4 Å². The molecule has 0 spiro atoms. The summed E-state index contributed by atoms with van der Waals surface area (Å²) in [4.78, 5) is 13.1. The van der Waals surface area contributed by atoms with Crippen LogP contribution in [0.3, 0.4) is 0 Å². The molecule has 2 heterocycles. The van der Waals surface area contributed by atoms with Crippen LogP contribution in [0.2, 0.25) is 0 Å². The van der Waals surface area contributed by atoms with Crippen LogP contribution in [-0.2, 0) is 6.54 Å². The molecule has 2 aromatic heterocycles. The molecule has 0 saturated heterocycles. The highest BCUT2D eigenvalue weighted by molar-refractivity contribution is 7.99. The summed E-state index contributed by atoms with van der Waals surface area (Å²) >= 11 is 1.54. The van der Waals surface area contributed by atoms with Crippen LogP contribution >= 0.6 is 11.8 Å². The van der Waals surface area contributed by atoms with Crippen molar-refractivity contribution in [1.29, 1.82) is 0 Å². The zero-order valence-corrected chi connectivity index (χ0v) is 17.5. The second kappa shape index (κ2) is 8.91. The van der Waals surface area contributed by atoms with Gasteiger partial charge in [-0.05, 0) is 31.5 Å². The molecule has 152 valence electrons. The Morgan fingerprint density at radius 1 is 0.967 bits per heavy atom. The molecular weight excluding hydrogens is 396 g/mol. The van der Waals surface area contributed by atoms with Gasteiger partial charge in [-0.25, -0.2) is 0 Å². The second-order valence-corrected chi connectivity index (χ2v) is 8.04. The van der Waals surface area contributed by atoms with Crippen LogP contribution in [0.15, 0.2) is 65.8 Å². The Labute approximate surface area is 179 Å². The molecular formula is C21H22N8S. The Kier molecular flexibility index (Phi) is 5.89. The number of benzene rings is 2. The van der Waals surface area contributed by atoms with Crippen molar-refractivity contribution in [2.75, 3.05) is 11.1 Å². The first kappa shape index (κ1) is 19.8. The van der Waals surface area contributed by atoms with Gasteiger partial charge in [0.15, 0.2) is 5.16 Å². The number of nitrogens with two attached hydrogens (primary N) is 1. The number of nitrogens with zero attached hydrogens (tertiary/aromatic N) is 6. The molecule has 0 aliphatic carbocycles. The number of aromatic nitrogens is 6. The number of aryl methyl sites for hydroxylation is 1. The smallest absolute Gasteiger partial charge is 0.232 e. The molecule has 4 rings (SSSR count). The number of para-hydroxylation sites is 1. The molecule has 2 aromatic carbocycles. The number of hydrogen-bond acceptors (Lipinski definition) is 8. The quantitative estimate of drug-likeness (QED) is 0.434. The first-order chi connectivity index (χ1) is 14.6. The van der Waals surface area contributed by atoms with Crippen LogP contribution in [0.4, 0.5) is 17.6 Å². The average Bonchev–Trinajstić information content (AvgIpc) is 3.08. The molecule has 9 heteroatoms. The van der Waals surface area contributed by atoms with Crippen molar-refractivity contribution in [3.05, 3.63) is 77.9 Å². The van der Waals surface area contributed by atoms with Gasteiger partial charge >= 0.3 is 0 Å². The average molecular weight is 419 g/mol. The highest BCUT2D eigenvalue weighted by Gasteiger charge is 2.18. The lowest BCUT2D eigenvalue weighted by Crippen LogP contribution is -2.09. The Morgan fingerprint density at radius 2 is 1.67 bits per heavy atom. The standard InChI is InChI=1S/C21H22N8S/c1-14(18-24-19(22)26-20(25-18)23-17-11-7-4-8-12-17)30-21-28-27-15(2)29(21)13-16-9-5-3-6-10-16/h3-12,14H,13H2,1-2H3,(H3,22,23,24,25,26). The van der Waals surface area contributed by atoms with E-state index in [1.165, 1.54) is 5.56 Å². The maximum atomic E-state index is 5.94. The Bertz CT molecular complexity index is 1110. The lowest BCUT2D eigenvalue weighted by atomic mass is 10.2. The molecule has 30 heavy (non-hydrogen) atoms. The second-order valence-electron chi connectivity index (χ2n) is 6.73. The summed E-state index contributed by atoms with van der Waals surface area (Å²) in [6, 6.07) is 19.9. The molecule has 0 aliphatic rings. The summed E-state index contributed by atoms with van der Waals surface area (Å²) in [6.45, 7) is 4.67. The van der Waals surface area contributed by atoms with Gasteiger partial charge in [0, 0.05) is 5.69 Å². The summed E-state index contributed by atoms with van der Waals surface area (Å²) in [5, 5.41) is 12.5. The van der Waals surface area contributed by atoms with Crippen molar-refractivity contribution in [3.63, 3.8) is 0 Å². The third kappa shape index (κ3) is 4.74. The predicted octanol–water partition coefficient (Wildman–Crippen LogP) is 4.00. The van der Waals surface area contributed by atoms with Crippen LogP contribution in [0, 0.1) is 6.92 Å². The van der Waals surface area contributed by atoms with Crippen LogP contribution < -0.4 is 11.1 Å². The van der Waals surface area contributed by atoms with Gasteiger partial charge in [-0.3, -0.25) is 0 Å². The van der Waals surface area contributed by atoms with Gasteiger partial charge in [0.05, 0.1) is 11.8 Å². The Balaban J connectivity index is 1.54. The van der Waals surface area contributed by atoms with E-state index in [4.69, 9.17) is 5.73 Å². The zero-order valence-electron chi connectivity index (χ0n) is 16.7. The number of anilines is 3. The minimum atomic E-state index is -0.0928. The lowest BCUT2D eigenvalue weighted by Gasteiger charge is -2.13. The van der Waals surface area contributed by atoms with Crippen molar-refractivity contribution in [3.8, 4) is 0 Å².